The first-order valence-electron chi connectivity index (χ1n) is 5.54. The average molecular weight is 268 g/mol. The summed E-state index contributed by atoms with van der Waals surface area (Å²) in [6.45, 7) is -1.61. The molecule has 0 aliphatic heterocycles. The van der Waals surface area contributed by atoms with Gasteiger partial charge in [-0.05, 0) is 18.8 Å². The number of carboxylic acids is 1. The summed E-state index contributed by atoms with van der Waals surface area (Å²) >= 11 is 0. The number of hydrogen-bond acceptors (Lipinski definition) is 3. The molecule has 0 aromatic carbocycles. The molecule has 0 aromatic rings. The van der Waals surface area contributed by atoms with Crippen molar-refractivity contribution in [1.82, 2.24) is 10.2 Å². The van der Waals surface area contributed by atoms with Crippen LogP contribution >= 0.6 is 0 Å². The van der Waals surface area contributed by atoms with Gasteiger partial charge in [0.25, 0.3) is 0 Å². The summed E-state index contributed by atoms with van der Waals surface area (Å²) in [4.78, 5) is 23.1. The van der Waals surface area contributed by atoms with Crippen LogP contribution in [0.2, 0.25) is 0 Å². The van der Waals surface area contributed by atoms with Crippen LogP contribution in [0.15, 0.2) is 0 Å². The van der Waals surface area contributed by atoms with Gasteiger partial charge in [-0.1, -0.05) is 0 Å². The summed E-state index contributed by atoms with van der Waals surface area (Å²) in [5, 5.41) is 10.4. The minimum Gasteiger partial charge on any atom is -0.480 e. The lowest BCUT2D eigenvalue weighted by molar-refractivity contribution is -0.142. The van der Waals surface area contributed by atoms with Gasteiger partial charge in [0.15, 0.2) is 0 Å². The Bertz CT molecular complexity index is 316. The molecule has 104 valence electrons. The Hall–Kier alpha value is -1.31. The lowest BCUT2D eigenvalue weighted by atomic mass is 10.3. The average Bonchev–Trinajstić information content (AvgIpc) is 2.96. The fraction of sp³-hybridized carbons (Fsp3) is 0.800. The maximum absolute atomic E-state index is 11.9. The normalized spacial score (nSPS) is 15.8. The van der Waals surface area contributed by atoms with Gasteiger partial charge in [-0.2, -0.15) is 13.2 Å². The standard InChI is InChI=1S/C10H15F3N2O3/c11-10(12,13)6-14-8(16)4-15(5-9(17)18)3-7-1-2-7/h7H,1-6H2,(H,14,16)(H,17,18). The first-order valence-corrected chi connectivity index (χ1v) is 5.54. The van der Waals surface area contributed by atoms with E-state index in [1.807, 2.05) is 0 Å². The van der Waals surface area contributed by atoms with Gasteiger partial charge in [-0.25, -0.2) is 0 Å². The van der Waals surface area contributed by atoms with Crippen molar-refractivity contribution in [2.45, 2.75) is 19.0 Å². The van der Waals surface area contributed by atoms with E-state index in [1.54, 1.807) is 5.32 Å². The minimum absolute atomic E-state index is 0.321. The molecule has 0 atom stereocenters. The molecule has 18 heavy (non-hydrogen) atoms. The van der Waals surface area contributed by atoms with E-state index in [1.165, 1.54) is 4.90 Å². The number of halogens is 3. The summed E-state index contributed by atoms with van der Waals surface area (Å²) in [5.41, 5.74) is 0. The zero-order chi connectivity index (χ0) is 13.8. The molecule has 2 N–H and O–H groups in total. The number of carboxylic acid groups (broad SMARTS) is 1. The van der Waals surface area contributed by atoms with Crippen LogP contribution in [0.25, 0.3) is 0 Å². The second-order valence-electron chi connectivity index (χ2n) is 4.40. The predicted molar refractivity (Wildman–Crippen MR) is 55.9 cm³/mol. The first kappa shape index (κ1) is 14.7. The molecule has 0 heterocycles. The van der Waals surface area contributed by atoms with Crippen molar-refractivity contribution in [3.8, 4) is 0 Å². The highest BCUT2D eigenvalue weighted by atomic mass is 19.4. The largest absolute Gasteiger partial charge is 0.480 e. The van der Waals surface area contributed by atoms with Crippen molar-refractivity contribution < 1.29 is 27.9 Å². The summed E-state index contributed by atoms with van der Waals surface area (Å²) in [6.07, 6.45) is -2.51. The molecule has 1 amide bonds. The number of rotatable bonds is 7. The zero-order valence-corrected chi connectivity index (χ0v) is 9.66. The summed E-state index contributed by atoms with van der Waals surface area (Å²) in [7, 11) is 0. The second kappa shape index (κ2) is 6.03. The lowest BCUT2D eigenvalue weighted by Gasteiger charge is -2.19. The van der Waals surface area contributed by atoms with Crippen molar-refractivity contribution >= 4 is 11.9 Å². The molecule has 0 bridgehead atoms. The number of hydrogen-bond donors (Lipinski definition) is 2. The summed E-state index contributed by atoms with van der Waals surface area (Å²) in [6, 6.07) is 0. The van der Waals surface area contributed by atoms with Gasteiger partial charge in [-0.3, -0.25) is 14.5 Å². The van der Waals surface area contributed by atoms with E-state index >= 15 is 0 Å². The van der Waals surface area contributed by atoms with Gasteiger partial charge < -0.3 is 10.4 Å². The van der Waals surface area contributed by atoms with Crippen LogP contribution in [0.3, 0.4) is 0 Å². The summed E-state index contributed by atoms with van der Waals surface area (Å²) in [5.74, 6) is -1.55. The third kappa shape index (κ3) is 7.10. The molecule has 0 unspecified atom stereocenters. The Morgan fingerprint density at radius 1 is 1.28 bits per heavy atom. The third-order valence-electron chi connectivity index (χ3n) is 2.43. The van der Waals surface area contributed by atoms with E-state index in [2.05, 4.69) is 0 Å². The second-order valence-corrected chi connectivity index (χ2v) is 4.40. The van der Waals surface area contributed by atoms with Crippen molar-refractivity contribution in [3.63, 3.8) is 0 Å². The van der Waals surface area contributed by atoms with Crippen molar-refractivity contribution in [2.75, 3.05) is 26.2 Å². The molecule has 1 saturated carbocycles. The van der Waals surface area contributed by atoms with Crippen molar-refractivity contribution in [1.29, 1.82) is 0 Å². The van der Waals surface area contributed by atoms with Gasteiger partial charge >= 0.3 is 12.1 Å². The van der Waals surface area contributed by atoms with Crippen LogP contribution in [0, 0.1) is 5.92 Å². The van der Waals surface area contributed by atoms with Crippen LogP contribution in [0.4, 0.5) is 13.2 Å². The van der Waals surface area contributed by atoms with Gasteiger partial charge in [0.2, 0.25) is 5.91 Å². The maximum Gasteiger partial charge on any atom is 0.405 e. The Labute approximate surface area is 102 Å². The number of carbonyl (C=O) groups excluding carboxylic acids is 1. The smallest absolute Gasteiger partial charge is 0.405 e. The van der Waals surface area contributed by atoms with E-state index in [4.69, 9.17) is 5.11 Å². The fourth-order valence-electron chi connectivity index (χ4n) is 1.50. The van der Waals surface area contributed by atoms with E-state index in [-0.39, 0.29) is 13.1 Å². The Morgan fingerprint density at radius 3 is 2.33 bits per heavy atom. The molecule has 0 spiro atoms. The van der Waals surface area contributed by atoms with Gasteiger partial charge in [0.05, 0.1) is 13.1 Å². The molecule has 0 radical (unpaired) electrons. The highest BCUT2D eigenvalue weighted by Gasteiger charge is 2.29. The fourth-order valence-corrected chi connectivity index (χ4v) is 1.50. The van der Waals surface area contributed by atoms with E-state index < -0.39 is 24.6 Å². The van der Waals surface area contributed by atoms with Crippen LogP contribution in [-0.2, 0) is 9.59 Å². The molecule has 8 heteroatoms. The van der Waals surface area contributed by atoms with E-state index in [0.717, 1.165) is 12.8 Å². The molecule has 0 saturated heterocycles. The molecule has 1 aliphatic carbocycles. The first-order chi connectivity index (χ1) is 8.26. The van der Waals surface area contributed by atoms with Gasteiger partial charge in [0, 0.05) is 6.54 Å². The van der Waals surface area contributed by atoms with Gasteiger partial charge in [-0.15, -0.1) is 0 Å². The Kier molecular flexibility index (Phi) is 4.94. The van der Waals surface area contributed by atoms with Crippen molar-refractivity contribution in [2.24, 2.45) is 5.92 Å². The van der Waals surface area contributed by atoms with E-state index in [0.29, 0.717) is 12.5 Å². The highest BCUT2D eigenvalue weighted by molar-refractivity contribution is 5.79. The summed E-state index contributed by atoms with van der Waals surface area (Å²) < 4.78 is 35.6. The number of carbonyl (C=O) groups is 2. The van der Waals surface area contributed by atoms with Crippen LogP contribution in [-0.4, -0.2) is 54.2 Å². The van der Waals surface area contributed by atoms with Crippen LogP contribution in [0.1, 0.15) is 12.8 Å². The lowest BCUT2D eigenvalue weighted by Crippen LogP contribution is -2.43. The maximum atomic E-state index is 11.9. The molecular formula is C10H15F3N2O3. The minimum atomic E-state index is -4.45. The zero-order valence-electron chi connectivity index (χ0n) is 9.66. The topological polar surface area (TPSA) is 69.6 Å². The Balaban J connectivity index is 2.33. The highest BCUT2D eigenvalue weighted by Crippen LogP contribution is 2.29. The SMILES string of the molecule is O=C(O)CN(CC(=O)NCC(F)(F)F)CC1CC1. The number of amides is 1. The Morgan fingerprint density at radius 2 is 1.89 bits per heavy atom. The molecule has 0 aromatic heterocycles. The number of alkyl halides is 3. The molecular weight excluding hydrogens is 253 g/mol. The molecule has 1 rings (SSSR count). The molecule has 1 fully saturated rings. The number of aliphatic carboxylic acids is 1. The third-order valence-corrected chi connectivity index (χ3v) is 2.43. The monoisotopic (exact) mass is 268 g/mol. The number of nitrogens with zero attached hydrogens (tertiary/aromatic N) is 1. The quantitative estimate of drug-likeness (QED) is 0.704. The number of nitrogens with one attached hydrogen (secondary N) is 1. The van der Waals surface area contributed by atoms with Crippen molar-refractivity contribution in [3.05, 3.63) is 0 Å². The van der Waals surface area contributed by atoms with Gasteiger partial charge in [0.1, 0.15) is 6.54 Å². The van der Waals surface area contributed by atoms with E-state index in [9.17, 15) is 22.8 Å². The molecule has 5 nitrogen and oxygen atoms in total. The molecule has 1 aliphatic rings. The van der Waals surface area contributed by atoms with Crippen LogP contribution in [0.5, 0.6) is 0 Å². The van der Waals surface area contributed by atoms with Crippen LogP contribution < -0.4 is 5.32 Å². The predicted octanol–water partition coefficient (Wildman–Crippen LogP) is 0.461.